The molecule has 5 aromatic rings. The number of ether oxygens (including phenoxy) is 2. The molecule has 9 heteroatoms. The van der Waals surface area contributed by atoms with Crippen molar-refractivity contribution in [2.45, 2.75) is 27.0 Å². The van der Waals surface area contributed by atoms with E-state index < -0.39 is 5.76 Å². The molecular weight excluding hydrogens is 458 g/mol. The summed E-state index contributed by atoms with van der Waals surface area (Å²) in [5.74, 6) is 0.558. The summed E-state index contributed by atoms with van der Waals surface area (Å²) in [6.45, 7) is 5.30. The van der Waals surface area contributed by atoms with E-state index in [4.69, 9.17) is 14.0 Å². The van der Waals surface area contributed by atoms with Crippen molar-refractivity contribution in [2.24, 2.45) is 0 Å². The number of hydrogen-bond donors (Lipinski definition) is 1. The molecule has 1 aliphatic rings. The minimum Gasteiger partial charge on any atom is -0.488 e. The van der Waals surface area contributed by atoms with Crippen molar-refractivity contribution in [1.29, 1.82) is 0 Å². The lowest BCUT2D eigenvalue weighted by Gasteiger charge is -2.15. The van der Waals surface area contributed by atoms with Crippen molar-refractivity contribution in [2.75, 3.05) is 6.61 Å². The average Bonchev–Trinajstić information content (AvgIpc) is 3.43. The number of hydrogen-bond acceptors (Lipinski definition) is 7. The first-order valence-electron chi connectivity index (χ1n) is 11.7. The monoisotopic (exact) mass is 481 g/mol. The van der Waals surface area contributed by atoms with Crippen LogP contribution in [0.2, 0.25) is 0 Å². The van der Waals surface area contributed by atoms with Gasteiger partial charge in [-0.25, -0.2) is 9.78 Å². The number of H-pyrrole nitrogens is 1. The molecule has 0 saturated carbocycles. The summed E-state index contributed by atoms with van der Waals surface area (Å²) in [5, 5.41) is 3.92. The normalized spacial score (nSPS) is 14.1. The van der Waals surface area contributed by atoms with Gasteiger partial charge in [0.15, 0.2) is 11.5 Å². The number of aromatic amines is 1. The first-order valence-corrected chi connectivity index (χ1v) is 11.7. The van der Waals surface area contributed by atoms with Gasteiger partial charge in [-0.15, -0.1) is 0 Å². The molecule has 180 valence electrons. The third-order valence-electron chi connectivity index (χ3n) is 6.23. The van der Waals surface area contributed by atoms with Gasteiger partial charge in [-0.2, -0.15) is 4.98 Å². The lowest BCUT2D eigenvalue weighted by molar-refractivity contribution is 0.300. The number of allylic oxidation sites excluding steroid dienone is 1. The lowest BCUT2D eigenvalue weighted by Crippen LogP contribution is -2.07. The van der Waals surface area contributed by atoms with Crippen molar-refractivity contribution in [3.05, 3.63) is 99.4 Å². The number of rotatable bonds is 5. The van der Waals surface area contributed by atoms with Gasteiger partial charge in [-0.3, -0.25) is 14.1 Å². The second-order valence-corrected chi connectivity index (χ2v) is 8.48. The van der Waals surface area contributed by atoms with Crippen LogP contribution in [0.3, 0.4) is 0 Å². The van der Waals surface area contributed by atoms with Crippen LogP contribution < -0.4 is 15.2 Å². The van der Waals surface area contributed by atoms with E-state index >= 15 is 0 Å². The quantitative estimate of drug-likeness (QED) is 0.396. The summed E-state index contributed by atoms with van der Waals surface area (Å²) >= 11 is 0. The first kappa shape index (κ1) is 21.8. The van der Waals surface area contributed by atoms with Crippen LogP contribution in [-0.4, -0.2) is 31.3 Å². The summed E-state index contributed by atoms with van der Waals surface area (Å²) in [6, 6.07) is 18.5. The van der Waals surface area contributed by atoms with Gasteiger partial charge in [0.25, 0.3) is 6.01 Å². The minimum atomic E-state index is -0.593. The van der Waals surface area contributed by atoms with Crippen molar-refractivity contribution in [3.8, 4) is 11.8 Å². The second kappa shape index (κ2) is 8.84. The Labute approximate surface area is 206 Å². The number of para-hydroxylation sites is 1. The molecular formula is C27H23N5O4. The van der Waals surface area contributed by atoms with Crippen molar-refractivity contribution < 1.29 is 14.0 Å². The third kappa shape index (κ3) is 3.74. The van der Waals surface area contributed by atoms with Crippen LogP contribution in [0.5, 0.6) is 11.8 Å². The molecule has 9 nitrogen and oxygen atoms in total. The minimum absolute atomic E-state index is 0.388. The van der Waals surface area contributed by atoms with E-state index in [9.17, 15) is 4.79 Å². The number of pyridine rings is 1. The van der Waals surface area contributed by atoms with Gasteiger partial charge >= 0.3 is 5.76 Å². The molecule has 0 aliphatic carbocycles. The molecule has 0 unspecified atom stereocenters. The molecule has 0 amide bonds. The van der Waals surface area contributed by atoms with E-state index in [1.165, 1.54) is 0 Å². The van der Waals surface area contributed by atoms with E-state index in [-0.39, 0.29) is 0 Å². The highest BCUT2D eigenvalue weighted by atomic mass is 16.5. The highest BCUT2D eigenvalue weighted by molar-refractivity contribution is 5.99. The Morgan fingerprint density at radius 3 is 2.86 bits per heavy atom. The molecule has 2 aromatic carbocycles. The number of nitrogens with one attached hydrogen (secondary N) is 1. The molecule has 0 saturated heterocycles. The molecule has 0 bridgehead atoms. The summed E-state index contributed by atoms with van der Waals surface area (Å²) in [6.07, 6.45) is 1.76. The molecule has 4 heterocycles. The number of fused-ring (bicyclic) bond motifs is 3. The molecule has 0 radical (unpaired) electrons. The van der Waals surface area contributed by atoms with Gasteiger partial charge in [-0.05, 0) is 60.4 Å². The zero-order valence-corrected chi connectivity index (χ0v) is 19.8. The smallest absolute Gasteiger partial charge is 0.439 e. The molecule has 36 heavy (non-hydrogen) atoms. The molecule has 6 rings (SSSR count). The zero-order valence-electron chi connectivity index (χ0n) is 19.8. The SMILES string of the molecule is CCOc1nc2cccnc2n1Cc1ccc2c(c1)COc1ccccc1/C2=C(\C)c1noc(=O)[nH]1. The number of imidazole rings is 1. The van der Waals surface area contributed by atoms with E-state index in [2.05, 4.69) is 38.3 Å². The van der Waals surface area contributed by atoms with Crippen molar-refractivity contribution in [3.63, 3.8) is 0 Å². The van der Waals surface area contributed by atoms with Gasteiger partial charge in [0, 0.05) is 17.3 Å². The van der Waals surface area contributed by atoms with Gasteiger partial charge in [0.05, 0.1) is 13.2 Å². The highest BCUT2D eigenvalue weighted by Crippen LogP contribution is 2.40. The Kier molecular flexibility index (Phi) is 5.37. The summed E-state index contributed by atoms with van der Waals surface area (Å²) < 4.78 is 18.8. The van der Waals surface area contributed by atoms with Crippen molar-refractivity contribution >= 4 is 22.3 Å². The predicted molar refractivity (Wildman–Crippen MR) is 134 cm³/mol. The largest absolute Gasteiger partial charge is 0.488 e. The van der Waals surface area contributed by atoms with Crippen LogP contribution in [0.4, 0.5) is 0 Å². The number of aromatic nitrogens is 5. The van der Waals surface area contributed by atoms with Crippen LogP contribution in [0, 0.1) is 0 Å². The maximum Gasteiger partial charge on any atom is 0.439 e. The van der Waals surface area contributed by atoms with Gasteiger partial charge in [0.2, 0.25) is 0 Å². The van der Waals surface area contributed by atoms with Crippen LogP contribution in [0.1, 0.15) is 41.9 Å². The standard InChI is InChI=1S/C27H23N5O4/c1-3-34-26-29-21-8-6-12-28-25(21)32(26)14-17-10-11-19-18(13-17)15-35-22-9-5-4-7-20(22)23(19)16(2)24-30-27(33)36-31-24/h4-13H,3,14-15H2,1-2H3,(H,30,31,33)/b23-16+. The molecule has 1 N–H and O–H groups in total. The molecule has 0 atom stereocenters. The van der Waals surface area contributed by atoms with E-state index in [0.29, 0.717) is 31.6 Å². The third-order valence-corrected chi connectivity index (χ3v) is 6.23. The maximum atomic E-state index is 11.6. The summed E-state index contributed by atoms with van der Waals surface area (Å²) in [5.41, 5.74) is 7.27. The van der Waals surface area contributed by atoms with Gasteiger partial charge in [-0.1, -0.05) is 35.5 Å². The van der Waals surface area contributed by atoms with Gasteiger partial charge < -0.3 is 9.47 Å². The van der Waals surface area contributed by atoms with E-state index in [1.807, 2.05) is 54.8 Å². The predicted octanol–water partition coefficient (Wildman–Crippen LogP) is 4.43. The van der Waals surface area contributed by atoms with Crippen LogP contribution in [-0.2, 0) is 13.2 Å². The maximum absolute atomic E-state index is 11.6. The molecule has 3 aromatic heterocycles. The fourth-order valence-corrected chi connectivity index (χ4v) is 4.62. The Hall–Kier alpha value is -4.66. The zero-order chi connectivity index (χ0) is 24.6. The Morgan fingerprint density at radius 1 is 1.14 bits per heavy atom. The average molecular weight is 482 g/mol. The number of benzene rings is 2. The lowest BCUT2D eigenvalue weighted by atomic mass is 9.89. The summed E-state index contributed by atoms with van der Waals surface area (Å²) in [7, 11) is 0. The molecule has 0 fully saturated rings. The van der Waals surface area contributed by atoms with E-state index in [0.717, 1.165) is 50.3 Å². The van der Waals surface area contributed by atoms with Crippen LogP contribution >= 0.6 is 0 Å². The van der Waals surface area contributed by atoms with E-state index in [1.54, 1.807) is 6.20 Å². The first-order chi connectivity index (χ1) is 17.6. The second-order valence-electron chi connectivity index (χ2n) is 8.48. The molecule has 0 spiro atoms. The highest BCUT2D eigenvalue weighted by Gasteiger charge is 2.23. The van der Waals surface area contributed by atoms with Crippen LogP contribution in [0.25, 0.3) is 22.3 Å². The topological polar surface area (TPSA) is 108 Å². The summed E-state index contributed by atoms with van der Waals surface area (Å²) in [4.78, 5) is 23.4. The van der Waals surface area contributed by atoms with Crippen LogP contribution in [0.15, 0.2) is 70.1 Å². The number of nitrogens with zero attached hydrogens (tertiary/aromatic N) is 4. The van der Waals surface area contributed by atoms with Crippen molar-refractivity contribution in [1.82, 2.24) is 24.7 Å². The molecule has 1 aliphatic heterocycles. The Morgan fingerprint density at radius 2 is 2.03 bits per heavy atom. The fourth-order valence-electron chi connectivity index (χ4n) is 4.62. The fraction of sp³-hybridized carbons (Fsp3) is 0.185. The Bertz CT molecular complexity index is 1680. The Balaban J connectivity index is 1.47. The van der Waals surface area contributed by atoms with Gasteiger partial charge in [0.1, 0.15) is 17.9 Å².